The summed E-state index contributed by atoms with van der Waals surface area (Å²) in [6.07, 6.45) is 3.11. The van der Waals surface area contributed by atoms with Gasteiger partial charge in [-0.15, -0.1) is 0 Å². The minimum atomic E-state index is -0.233. The van der Waals surface area contributed by atoms with E-state index in [4.69, 9.17) is 5.26 Å². The average Bonchev–Trinajstić information content (AvgIpc) is 2.89. The van der Waals surface area contributed by atoms with Gasteiger partial charge in [-0.2, -0.15) is 5.26 Å². The third kappa shape index (κ3) is 7.95. The lowest BCUT2D eigenvalue weighted by Crippen LogP contribution is -2.28. The molecule has 0 bridgehead atoms. The first kappa shape index (κ1) is 25.9. The molecule has 1 heterocycles. The molecule has 0 atom stereocenters. The molecule has 184 valence electrons. The Morgan fingerprint density at radius 1 is 0.917 bits per heavy atom. The number of aromatic nitrogens is 2. The minimum Gasteiger partial charge on any atom is -0.368 e. The van der Waals surface area contributed by atoms with E-state index in [0.29, 0.717) is 49.2 Å². The fraction of sp³-hybridized carbons (Fsp3) is 0.222. The number of benzene rings is 2. The molecule has 36 heavy (non-hydrogen) atoms. The van der Waals surface area contributed by atoms with Crippen LogP contribution in [-0.4, -0.2) is 48.0 Å². The van der Waals surface area contributed by atoms with Crippen LogP contribution in [0.4, 0.5) is 11.6 Å². The van der Waals surface area contributed by atoms with Crippen LogP contribution in [0.1, 0.15) is 23.6 Å². The molecule has 9 heteroatoms. The van der Waals surface area contributed by atoms with E-state index in [-0.39, 0.29) is 11.8 Å². The fourth-order valence-electron chi connectivity index (χ4n) is 3.31. The van der Waals surface area contributed by atoms with Gasteiger partial charge in [-0.3, -0.25) is 9.59 Å². The molecule has 3 rings (SSSR count). The van der Waals surface area contributed by atoms with Crippen LogP contribution in [0.25, 0.3) is 17.5 Å². The molecule has 0 aliphatic heterocycles. The molecule has 2 aromatic carbocycles. The van der Waals surface area contributed by atoms with Crippen molar-refractivity contribution < 1.29 is 9.59 Å². The van der Waals surface area contributed by atoms with Crippen LogP contribution in [0.5, 0.6) is 0 Å². The highest BCUT2D eigenvalue weighted by Crippen LogP contribution is 2.24. The molecule has 0 radical (unpaired) electrons. The number of anilines is 2. The molecule has 4 N–H and O–H groups in total. The molecular formula is C27H29N7O2. The lowest BCUT2D eigenvalue weighted by molar-refractivity contribution is -0.119. The number of nitrogens with one attached hydrogen (secondary N) is 4. The van der Waals surface area contributed by atoms with E-state index in [9.17, 15) is 9.59 Å². The topological polar surface area (TPSA) is 132 Å². The largest absolute Gasteiger partial charge is 0.368 e. The quantitative estimate of drug-likeness (QED) is 0.243. The third-order valence-corrected chi connectivity index (χ3v) is 5.13. The maximum atomic E-state index is 12.2. The van der Waals surface area contributed by atoms with Crippen LogP contribution < -0.4 is 21.3 Å². The smallest absolute Gasteiger partial charge is 0.244 e. The molecule has 0 spiro atoms. The van der Waals surface area contributed by atoms with E-state index in [1.54, 1.807) is 24.3 Å². The van der Waals surface area contributed by atoms with Crippen LogP contribution >= 0.6 is 0 Å². The van der Waals surface area contributed by atoms with E-state index in [2.05, 4.69) is 37.3 Å². The Kier molecular flexibility index (Phi) is 9.53. The predicted octanol–water partition coefficient (Wildman–Crippen LogP) is 3.11. The summed E-state index contributed by atoms with van der Waals surface area (Å²) in [5, 5.41) is 21.1. The van der Waals surface area contributed by atoms with E-state index in [1.165, 1.54) is 13.0 Å². The summed E-state index contributed by atoms with van der Waals surface area (Å²) < 4.78 is 0. The van der Waals surface area contributed by atoms with Gasteiger partial charge in [0.15, 0.2) is 5.82 Å². The monoisotopic (exact) mass is 483 g/mol. The second-order valence-corrected chi connectivity index (χ2v) is 7.93. The van der Waals surface area contributed by atoms with Crippen molar-refractivity contribution >= 4 is 29.5 Å². The number of carbonyl (C=O) groups excluding carboxylic acids is 2. The average molecular weight is 484 g/mol. The van der Waals surface area contributed by atoms with Gasteiger partial charge in [0.1, 0.15) is 11.6 Å². The number of hydrogen-bond acceptors (Lipinski definition) is 7. The van der Waals surface area contributed by atoms with Crippen LogP contribution in [0.2, 0.25) is 0 Å². The summed E-state index contributed by atoms with van der Waals surface area (Å²) in [5.41, 5.74) is 3.04. The summed E-state index contributed by atoms with van der Waals surface area (Å²) in [7, 11) is 0. The molecule has 2 amide bonds. The number of nitriles is 1. The number of nitrogens with zero attached hydrogens (tertiary/aromatic N) is 3. The highest BCUT2D eigenvalue weighted by atomic mass is 16.2. The summed E-state index contributed by atoms with van der Waals surface area (Å²) >= 11 is 0. The van der Waals surface area contributed by atoms with Gasteiger partial charge in [-0.1, -0.05) is 42.5 Å². The molecule has 3 aromatic rings. The lowest BCUT2D eigenvalue weighted by atomic mass is 10.1. The zero-order valence-corrected chi connectivity index (χ0v) is 20.3. The summed E-state index contributed by atoms with van der Waals surface area (Å²) in [6, 6.07) is 18.8. The Morgan fingerprint density at radius 3 is 2.22 bits per heavy atom. The van der Waals surface area contributed by atoms with Gasteiger partial charge in [0.2, 0.25) is 11.8 Å². The number of amides is 2. The van der Waals surface area contributed by atoms with Crippen molar-refractivity contribution in [1.29, 1.82) is 5.26 Å². The zero-order chi connectivity index (χ0) is 25.8. The molecule has 0 unspecified atom stereocenters. The molecular weight excluding hydrogens is 454 g/mol. The maximum absolute atomic E-state index is 12.2. The van der Waals surface area contributed by atoms with Gasteiger partial charge in [-0.25, -0.2) is 9.97 Å². The Balaban J connectivity index is 1.61. The van der Waals surface area contributed by atoms with Gasteiger partial charge in [0.05, 0.1) is 11.6 Å². The lowest BCUT2D eigenvalue weighted by Gasteiger charge is -2.15. The van der Waals surface area contributed by atoms with Crippen molar-refractivity contribution in [2.24, 2.45) is 0 Å². The van der Waals surface area contributed by atoms with Crippen molar-refractivity contribution in [2.75, 3.05) is 36.8 Å². The van der Waals surface area contributed by atoms with Crippen LogP contribution in [0.15, 0.2) is 60.7 Å². The second-order valence-electron chi connectivity index (χ2n) is 7.93. The first-order valence-electron chi connectivity index (χ1n) is 11.6. The predicted molar refractivity (Wildman–Crippen MR) is 141 cm³/mol. The SMILES string of the molecule is CC(=O)NCCNc1nc(-c2ccccc2)nc(NCCNC(=O)/C=C/c2cccc(C#N)c2)c1C. The van der Waals surface area contributed by atoms with Crippen molar-refractivity contribution in [1.82, 2.24) is 20.6 Å². The molecule has 0 fully saturated rings. The van der Waals surface area contributed by atoms with E-state index in [0.717, 1.165) is 16.7 Å². The van der Waals surface area contributed by atoms with Crippen molar-refractivity contribution in [3.8, 4) is 17.5 Å². The molecule has 0 saturated heterocycles. The molecule has 1 aromatic heterocycles. The third-order valence-electron chi connectivity index (χ3n) is 5.13. The normalized spacial score (nSPS) is 10.5. The van der Waals surface area contributed by atoms with Gasteiger partial charge in [0.25, 0.3) is 0 Å². The number of carbonyl (C=O) groups is 2. The van der Waals surface area contributed by atoms with Crippen molar-refractivity contribution in [2.45, 2.75) is 13.8 Å². The van der Waals surface area contributed by atoms with Gasteiger partial charge >= 0.3 is 0 Å². The Morgan fingerprint density at radius 2 is 1.58 bits per heavy atom. The molecule has 0 aliphatic carbocycles. The van der Waals surface area contributed by atoms with Crippen molar-refractivity contribution in [3.63, 3.8) is 0 Å². The molecule has 0 aliphatic rings. The maximum Gasteiger partial charge on any atom is 0.244 e. The molecule has 9 nitrogen and oxygen atoms in total. The van der Waals surface area contributed by atoms with Crippen LogP contribution in [0.3, 0.4) is 0 Å². The van der Waals surface area contributed by atoms with Gasteiger partial charge in [0, 0.05) is 50.3 Å². The highest BCUT2D eigenvalue weighted by Gasteiger charge is 2.12. The van der Waals surface area contributed by atoms with E-state index >= 15 is 0 Å². The molecule has 0 saturated carbocycles. The zero-order valence-electron chi connectivity index (χ0n) is 20.3. The first-order valence-corrected chi connectivity index (χ1v) is 11.6. The standard InChI is InChI=1S/C27H29N7O2/c1-19-25(31-15-13-29-20(2)35)33-27(23-9-4-3-5-10-23)34-26(19)32-16-14-30-24(36)12-11-21-7-6-8-22(17-21)18-28/h3-12,17H,13-16H2,1-2H3,(H,29,35)(H,30,36)(H2,31,32,33,34)/b12-11+. The number of hydrogen-bond donors (Lipinski definition) is 4. The Hall–Kier alpha value is -4.71. The summed E-state index contributed by atoms with van der Waals surface area (Å²) in [5.74, 6) is 1.57. The second kappa shape index (κ2) is 13.2. The summed E-state index contributed by atoms with van der Waals surface area (Å²) in [6.45, 7) is 5.23. The van der Waals surface area contributed by atoms with Gasteiger partial charge in [-0.05, 0) is 30.7 Å². The van der Waals surface area contributed by atoms with Crippen LogP contribution in [0, 0.1) is 18.3 Å². The Bertz CT molecular complexity index is 1270. The number of rotatable bonds is 11. The van der Waals surface area contributed by atoms with Crippen LogP contribution in [-0.2, 0) is 9.59 Å². The fourth-order valence-corrected chi connectivity index (χ4v) is 3.31. The Labute approximate surface area is 210 Å². The van der Waals surface area contributed by atoms with E-state index < -0.39 is 0 Å². The summed E-state index contributed by atoms with van der Waals surface area (Å²) in [4.78, 5) is 32.7. The van der Waals surface area contributed by atoms with Gasteiger partial charge < -0.3 is 21.3 Å². The first-order chi connectivity index (χ1) is 17.5. The minimum absolute atomic E-state index is 0.0869. The van der Waals surface area contributed by atoms with Crippen molar-refractivity contribution in [3.05, 3.63) is 77.4 Å². The highest BCUT2D eigenvalue weighted by molar-refractivity contribution is 5.91. The van der Waals surface area contributed by atoms with E-state index in [1.807, 2.05) is 43.3 Å².